The van der Waals surface area contributed by atoms with Crippen molar-refractivity contribution in [1.82, 2.24) is 0 Å². The van der Waals surface area contributed by atoms with Crippen molar-refractivity contribution in [3.8, 4) is 5.75 Å². The Hall–Kier alpha value is -2.15. The third kappa shape index (κ3) is 4.22. The van der Waals surface area contributed by atoms with Gasteiger partial charge in [-0.25, -0.2) is 4.79 Å². The van der Waals surface area contributed by atoms with Crippen LogP contribution in [0.2, 0.25) is 0 Å². The summed E-state index contributed by atoms with van der Waals surface area (Å²) in [5, 5.41) is 19.7. The van der Waals surface area contributed by atoms with Crippen LogP contribution in [0.4, 0.5) is 5.69 Å². The van der Waals surface area contributed by atoms with E-state index < -0.39 is 17.0 Å². The first-order valence-corrected chi connectivity index (χ1v) is 5.68. The van der Waals surface area contributed by atoms with Gasteiger partial charge in [-0.3, -0.25) is 10.1 Å². The van der Waals surface area contributed by atoms with E-state index in [2.05, 4.69) is 0 Å². The zero-order valence-electron chi connectivity index (χ0n) is 10.7. The number of carbonyl (C=O) groups is 1. The molecule has 1 aromatic carbocycles. The van der Waals surface area contributed by atoms with Gasteiger partial charge in [-0.2, -0.15) is 0 Å². The summed E-state index contributed by atoms with van der Waals surface area (Å²) in [4.78, 5) is 21.1. The van der Waals surface area contributed by atoms with Crippen LogP contribution in [0.25, 0.3) is 0 Å². The van der Waals surface area contributed by atoms with Crippen LogP contribution in [-0.4, -0.2) is 35.3 Å². The Balaban J connectivity index is 2.82. The molecule has 19 heavy (non-hydrogen) atoms. The van der Waals surface area contributed by atoms with Crippen LogP contribution >= 0.6 is 0 Å². The molecule has 1 rings (SSSR count). The molecule has 1 N–H and O–H groups in total. The second-order valence-corrected chi connectivity index (χ2v) is 3.82. The average Bonchev–Trinajstić information content (AvgIpc) is 2.35. The SMILES string of the molecule is CCOC(COc1ccc(C)cc1[N+](=O)[O-])C(=O)O. The Labute approximate surface area is 109 Å². The van der Waals surface area contributed by atoms with Gasteiger partial charge >= 0.3 is 11.7 Å². The molecule has 1 aromatic rings. The summed E-state index contributed by atoms with van der Waals surface area (Å²) in [6.45, 7) is 3.31. The molecule has 0 saturated heterocycles. The summed E-state index contributed by atoms with van der Waals surface area (Å²) in [6, 6.07) is 4.46. The lowest BCUT2D eigenvalue weighted by Crippen LogP contribution is -2.30. The van der Waals surface area contributed by atoms with E-state index in [0.29, 0.717) is 0 Å². The lowest BCUT2D eigenvalue weighted by molar-refractivity contribution is -0.386. The number of nitro benzene ring substituents is 1. The fraction of sp³-hybridized carbons (Fsp3) is 0.417. The first kappa shape index (κ1) is 14.9. The molecule has 7 nitrogen and oxygen atoms in total. The normalized spacial score (nSPS) is 11.9. The molecule has 0 saturated carbocycles. The predicted octanol–water partition coefficient (Wildman–Crippen LogP) is 1.77. The molecule has 0 spiro atoms. The third-order valence-electron chi connectivity index (χ3n) is 2.34. The number of aryl methyl sites for hydroxylation is 1. The summed E-state index contributed by atoms with van der Waals surface area (Å²) in [6.07, 6.45) is -1.15. The Kier molecular flexibility index (Phi) is 5.25. The molecular formula is C12H15NO6. The van der Waals surface area contributed by atoms with E-state index in [4.69, 9.17) is 14.6 Å². The van der Waals surface area contributed by atoms with Crippen molar-refractivity contribution < 1.29 is 24.3 Å². The summed E-state index contributed by atoms with van der Waals surface area (Å²) in [7, 11) is 0. The topological polar surface area (TPSA) is 98.9 Å². The molecule has 0 radical (unpaired) electrons. The fourth-order valence-electron chi connectivity index (χ4n) is 1.45. The van der Waals surface area contributed by atoms with Gasteiger partial charge in [-0.1, -0.05) is 6.07 Å². The van der Waals surface area contributed by atoms with E-state index in [1.165, 1.54) is 12.1 Å². The van der Waals surface area contributed by atoms with Gasteiger partial charge in [0.15, 0.2) is 11.9 Å². The third-order valence-corrected chi connectivity index (χ3v) is 2.34. The number of hydrogen-bond acceptors (Lipinski definition) is 5. The molecule has 0 aliphatic heterocycles. The van der Waals surface area contributed by atoms with Crippen molar-refractivity contribution in [3.05, 3.63) is 33.9 Å². The second-order valence-electron chi connectivity index (χ2n) is 3.82. The van der Waals surface area contributed by atoms with E-state index >= 15 is 0 Å². The number of aliphatic carboxylic acids is 1. The number of benzene rings is 1. The van der Waals surface area contributed by atoms with Crippen LogP contribution in [0.15, 0.2) is 18.2 Å². The van der Waals surface area contributed by atoms with Gasteiger partial charge in [0.2, 0.25) is 0 Å². The smallest absolute Gasteiger partial charge is 0.336 e. The van der Waals surface area contributed by atoms with E-state index in [1.54, 1.807) is 19.9 Å². The second kappa shape index (κ2) is 6.69. The molecular weight excluding hydrogens is 254 g/mol. The number of hydrogen-bond donors (Lipinski definition) is 1. The molecule has 0 aliphatic rings. The highest BCUT2D eigenvalue weighted by molar-refractivity contribution is 5.72. The van der Waals surface area contributed by atoms with Crippen molar-refractivity contribution in [2.75, 3.05) is 13.2 Å². The Morgan fingerprint density at radius 2 is 2.21 bits per heavy atom. The molecule has 7 heteroatoms. The highest BCUT2D eigenvalue weighted by Gasteiger charge is 2.21. The largest absolute Gasteiger partial charge is 0.483 e. The van der Waals surface area contributed by atoms with Gasteiger partial charge in [0, 0.05) is 12.7 Å². The summed E-state index contributed by atoms with van der Waals surface area (Å²) < 4.78 is 10.1. The highest BCUT2D eigenvalue weighted by atomic mass is 16.6. The van der Waals surface area contributed by atoms with Crippen molar-refractivity contribution in [2.24, 2.45) is 0 Å². The lowest BCUT2D eigenvalue weighted by Gasteiger charge is -2.13. The quantitative estimate of drug-likeness (QED) is 0.598. The van der Waals surface area contributed by atoms with Crippen LogP contribution in [0.3, 0.4) is 0 Å². The van der Waals surface area contributed by atoms with E-state index in [0.717, 1.165) is 5.56 Å². The summed E-state index contributed by atoms with van der Waals surface area (Å²) in [5.74, 6) is -1.14. The number of rotatable bonds is 7. The highest BCUT2D eigenvalue weighted by Crippen LogP contribution is 2.27. The number of nitrogens with zero attached hydrogens (tertiary/aromatic N) is 1. The van der Waals surface area contributed by atoms with Gasteiger partial charge in [0.25, 0.3) is 0 Å². The zero-order chi connectivity index (χ0) is 14.4. The molecule has 1 unspecified atom stereocenters. The maximum Gasteiger partial charge on any atom is 0.336 e. The standard InChI is InChI=1S/C12H15NO6/c1-3-18-11(12(14)15)7-19-10-5-4-8(2)6-9(10)13(16)17/h4-6,11H,3,7H2,1-2H3,(H,14,15). The lowest BCUT2D eigenvalue weighted by atomic mass is 10.2. The maximum absolute atomic E-state index is 10.9. The Bertz CT molecular complexity index is 473. The summed E-state index contributed by atoms with van der Waals surface area (Å²) >= 11 is 0. The van der Waals surface area contributed by atoms with Gasteiger partial charge < -0.3 is 14.6 Å². The molecule has 0 fully saturated rings. The van der Waals surface area contributed by atoms with Crippen LogP contribution in [0.1, 0.15) is 12.5 Å². The Morgan fingerprint density at radius 3 is 2.74 bits per heavy atom. The van der Waals surface area contributed by atoms with Crippen LogP contribution in [-0.2, 0) is 9.53 Å². The number of nitro groups is 1. The van der Waals surface area contributed by atoms with E-state index in [9.17, 15) is 14.9 Å². The van der Waals surface area contributed by atoms with Gasteiger partial charge in [-0.15, -0.1) is 0 Å². The van der Waals surface area contributed by atoms with Gasteiger partial charge in [-0.05, 0) is 25.5 Å². The van der Waals surface area contributed by atoms with Gasteiger partial charge in [0.05, 0.1) is 4.92 Å². The minimum atomic E-state index is -1.17. The zero-order valence-corrected chi connectivity index (χ0v) is 10.7. The maximum atomic E-state index is 10.9. The predicted molar refractivity (Wildman–Crippen MR) is 66.4 cm³/mol. The van der Waals surface area contributed by atoms with Crippen molar-refractivity contribution in [2.45, 2.75) is 20.0 Å². The van der Waals surface area contributed by atoms with E-state index in [1.807, 2.05) is 0 Å². The fourth-order valence-corrected chi connectivity index (χ4v) is 1.45. The molecule has 0 amide bonds. The first-order valence-electron chi connectivity index (χ1n) is 5.68. The van der Waals surface area contributed by atoms with Crippen LogP contribution in [0.5, 0.6) is 5.75 Å². The minimum absolute atomic E-state index is 0.0292. The van der Waals surface area contributed by atoms with Crippen molar-refractivity contribution in [3.63, 3.8) is 0 Å². The minimum Gasteiger partial charge on any atom is -0.483 e. The van der Waals surface area contributed by atoms with Crippen LogP contribution < -0.4 is 4.74 Å². The average molecular weight is 269 g/mol. The molecule has 1 atom stereocenters. The molecule has 0 aliphatic carbocycles. The van der Waals surface area contributed by atoms with Gasteiger partial charge in [0.1, 0.15) is 6.61 Å². The van der Waals surface area contributed by atoms with E-state index in [-0.39, 0.29) is 24.7 Å². The Morgan fingerprint density at radius 1 is 1.53 bits per heavy atom. The number of carboxylic acid groups (broad SMARTS) is 1. The van der Waals surface area contributed by atoms with Crippen LogP contribution in [0, 0.1) is 17.0 Å². The number of ether oxygens (including phenoxy) is 2. The summed E-state index contributed by atoms with van der Waals surface area (Å²) in [5.41, 5.74) is 0.527. The molecule has 0 heterocycles. The van der Waals surface area contributed by atoms with Crippen molar-refractivity contribution in [1.29, 1.82) is 0 Å². The molecule has 0 aromatic heterocycles. The van der Waals surface area contributed by atoms with Crippen molar-refractivity contribution >= 4 is 11.7 Å². The number of carboxylic acids is 1. The molecule has 104 valence electrons. The first-order chi connectivity index (χ1) is 8.95. The monoisotopic (exact) mass is 269 g/mol. The molecule has 0 bridgehead atoms.